The van der Waals surface area contributed by atoms with Gasteiger partial charge in [-0.3, -0.25) is 9.69 Å². The minimum Gasteiger partial charge on any atom is -0.480 e. The molecular formula is C11H22N2O4S. The van der Waals surface area contributed by atoms with Crippen LogP contribution in [0.15, 0.2) is 0 Å². The summed E-state index contributed by atoms with van der Waals surface area (Å²) in [6, 6.07) is -0.145. The summed E-state index contributed by atoms with van der Waals surface area (Å²) in [5, 5.41) is 8.50. The van der Waals surface area contributed by atoms with Crippen LogP contribution in [-0.2, 0) is 14.8 Å². The van der Waals surface area contributed by atoms with Crippen molar-refractivity contribution in [2.24, 2.45) is 0 Å². The highest BCUT2D eigenvalue weighted by atomic mass is 32.2. The number of aliphatic carboxylic acids is 1. The van der Waals surface area contributed by atoms with Crippen LogP contribution in [-0.4, -0.2) is 54.8 Å². The lowest BCUT2D eigenvalue weighted by molar-refractivity contribution is -0.134. The quantitative estimate of drug-likeness (QED) is 0.770. The summed E-state index contributed by atoms with van der Waals surface area (Å²) in [4.78, 5) is 12.7. The maximum Gasteiger partial charge on any atom is 0.320 e. The Hall–Kier alpha value is -0.660. The largest absolute Gasteiger partial charge is 0.480 e. The molecule has 7 heteroatoms. The van der Waals surface area contributed by atoms with Gasteiger partial charge in [-0.05, 0) is 33.6 Å². The van der Waals surface area contributed by atoms with Crippen LogP contribution in [0.2, 0.25) is 0 Å². The van der Waals surface area contributed by atoms with Crippen molar-refractivity contribution in [3.8, 4) is 0 Å². The van der Waals surface area contributed by atoms with Crippen LogP contribution in [0.25, 0.3) is 0 Å². The Morgan fingerprint density at radius 3 is 2.22 bits per heavy atom. The molecule has 1 fully saturated rings. The minimum atomic E-state index is -3.70. The molecule has 0 spiro atoms. The summed E-state index contributed by atoms with van der Waals surface area (Å²) < 4.78 is 25.4. The lowest BCUT2D eigenvalue weighted by Crippen LogP contribution is -2.51. The van der Waals surface area contributed by atoms with E-state index in [2.05, 4.69) is 30.4 Å². The second-order valence-electron chi connectivity index (χ2n) is 5.70. The maximum atomic E-state index is 11.5. The fourth-order valence-corrected chi connectivity index (χ4v) is 3.28. The first-order valence-corrected chi connectivity index (χ1v) is 7.72. The van der Waals surface area contributed by atoms with Crippen molar-refractivity contribution in [2.45, 2.75) is 45.2 Å². The second kappa shape index (κ2) is 5.54. The zero-order valence-electron chi connectivity index (χ0n) is 11.1. The van der Waals surface area contributed by atoms with E-state index in [-0.39, 0.29) is 11.6 Å². The van der Waals surface area contributed by atoms with E-state index in [0.29, 0.717) is 0 Å². The Bertz CT molecular complexity index is 392. The van der Waals surface area contributed by atoms with E-state index in [1.807, 2.05) is 0 Å². The Morgan fingerprint density at radius 2 is 1.83 bits per heavy atom. The van der Waals surface area contributed by atoms with Crippen molar-refractivity contribution >= 4 is 16.0 Å². The molecule has 0 saturated carbocycles. The zero-order valence-corrected chi connectivity index (χ0v) is 12.0. The van der Waals surface area contributed by atoms with E-state index in [9.17, 15) is 13.2 Å². The molecule has 0 unspecified atom stereocenters. The number of hydrogen-bond donors (Lipinski definition) is 2. The van der Waals surface area contributed by atoms with Crippen LogP contribution in [0.4, 0.5) is 0 Å². The zero-order chi connectivity index (χ0) is 14.0. The van der Waals surface area contributed by atoms with Crippen LogP contribution < -0.4 is 4.72 Å². The monoisotopic (exact) mass is 278 g/mol. The molecule has 1 saturated heterocycles. The smallest absolute Gasteiger partial charge is 0.320 e. The molecule has 1 rings (SSSR count). The third-order valence-corrected chi connectivity index (χ3v) is 4.42. The molecule has 0 bridgehead atoms. The fourth-order valence-electron chi connectivity index (χ4n) is 2.13. The van der Waals surface area contributed by atoms with Crippen LogP contribution in [0.3, 0.4) is 0 Å². The molecular weight excluding hydrogens is 256 g/mol. The average molecular weight is 278 g/mol. The summed E-state index contributed by atoms with van der Waals surface area (Å²) in [7, 11) is -3.70. The third-order valence-electron chi connectivity index (χ3n) is 3.10. The highest BCUT2D eigenvalue weighted by Gasteiger charge is 2.29. The standard InChI is InChI=1S/C11H22N2O4S/c1-11(2,3)13-6-4-9(5-7-13)12-18(16,17)8-10(14)15/h9,12H,4-8H2,1-3H3,(H,14,15). The highest BCUT2D eigenvalue weighted by molar-refractivity contribution is 7.90. The second-order valence-corrected chi connectivity index (χ2v) is 7.46. The van der Waals surface area contributed by atoms with Crippen LogP contribution in [0.5, 0.6) is 0 Å². The van der Waals surface area contributed by atoms with Crippen LogP contribution in [0.1, 0.15) is 33.6 Å². The van der Waals surface area contributed by atoms with E-state index in [1.165, 1.54) is 0 Å². The van der Waals surface area contributed by atoms with E-state index in [1.54, 1.807) is 0 Å². The van der Waals surface area contributed by atoms with Crippen molar-refractivity contribution < 1.29 is 18.3 Å². The third kappa shape index (κ3) is 4.91. The molecule has 18 heavy (non-hydrogen) atoms. The highest BCUT2D eigenvalue weighted by Crippen LogP contribution is 2.20. The molecule has 0 aromatic rings. The van der Waals surface area contributed by atoms with E-state index in [4.69, 9.17) is 5.11 Å². The predicted molar refractivity (Wildman–Crippen MR) is 68.9 cm³/mol. The van der Waals surface area contributed by atoms with Gasteiger partial charge in [-0.1, -0.05) is 0 Å². The van der Waals surface area contributed by atoms with Crippen molar-refractivity contribution in [3.05, 3.63) is 0 Å². The normalized spacial score (nSPS) is 19.9. The average Bonchev–Trinajstić information content (AvgIpc) is 2.13. The first kappa shape index (κ1) is 15.4. The first-order valence-electron chi connectivity index (χ1n) is 6.07. The van der Waals surface area contributed by atoms with Crippen molar-refractivity contribution in [2.75, 3.05) is 18.8 Å². The van der Waals surface area contributed by atoms with Crippen molar-refractivity contribution in [3.63, 3.8) is 0 Å². The van der Waals surface area contributed by atoms with Gasteiger partial charge in [0, 0.05) is 24.7 Å². The number of likely N-dealkylation sites (tertiary alicyclic amines) is 1. The lowest BCUT2D eigenvalue weighted by atomic mass is 9.99. The van der Waals surface area contributed by atoms with Gasteiger partial charge in [0.1, 0.15) is 0 Å². The molecule has 106 valence electrons. The lowest BCUT2D eigenvalue weighted by Gasteiger charge is -2.40. The number of nitrogens with zero attached hydrogens (tertiary/aromatic N) is 1. The molecule has 0 aromatic heterocycles. The van der Waals surface area contributed by atoms with Gasteiger partial charge < -0.3 is 5.11 Å². The van der Waals surface area contributed by atoms with E-state index in [0.717, 1.165) is 25.9 Å². The van der Waals surface area contributed by atoms with Gasteiger partial charge in [-0.2, -0.15) is 0 Å². The fraction of sp³-hybridized carbons (Fsp3) is 0.909. The number of rotatable bonds is 4. The summed E-state index contributed by atoms with van der Waals surface area (Å²) in [5.74, 6) is -2.18. The van der Waals surface area contributed by atoms with Gasteiger partial charge >= 0.3 is 5.97 Å². The number of piperidine rings is 1. The topological polar surface area (TPSA) is 86.7 Å². The van der Waals surface area contributed by atoms with Crippen LogP contribution >= 0.6 is 0 Å². The molecule has 0 atom stereocenters. The van der Waals surface area contributed by atoms with Crippen molar-refractivity contribution in [1.82, 2.24) is 9.62 Å². The van der Waals surface area contributed by atoms with E-state index < -0.39 is 21.7 Å². The number of carboxylic acids is 1. The van der Waals surface area contributed by atoms with Crippen molar-refractivity contribution in [1.29, 1.82) is 0 Å². The molecule has 0 aromatic carbocycles. The van der Waals surface area contributed by atoms with Gasteiger partial charge in [0.15, 0.2) is 5.75 Å². The van der Waals surface area contributed by atoms with Gasteiger partial charge in [0.05, 0.1) is 0 Å². The minimum absolute atomic E-state index is 0.0882. The predicted octanol–water partition coefficient (Wildman–Crippen LogP) is 0.253. The Balaban J connectivity index is 2.47. The molecule has 1 aliphatic heterocycles. The molecule has 1 heterocycles. The van der Waals surface area contributed by atoms with Gasteiger partial charge in [0.25, 0.3) is 0 Å². The molecule has 1 aliphatic rings. The summed E-state index contributed by atoms with van der Waals surface area (Å²) in [6.07, 6.45) is 1.44. The molecule has 6 nitrogen and oxygen atoms in total. The number of carboxylic acid groups (broad SMARTS) is 1. The Morgan fingerprint density at radius 1 is 1.33 bits per heavy atom. The summed E-state index contributed by atoms with van der Waals surface area (Å²) >= 11 is 0. The van der Waals surface area contributed by atoms with Gasteiger partial charge in [-0.15, -0.1) is 0 Å². The number of hydrogen-bond acceptors (Lipinski definition) is 4. The molecule has 0 aliphatic carbocycles. The maximum absolute atomic E-state index is 11.5. The Labute approximate surface area is 108 Å². The van der Waals surface area contributed by atoms with Gasteiger partial charge in [0.2, 0.25) is 10.0 Å². The Kier molecular flexibility index (Phi) is 4.74. The summed E-state index contributed by atoms with van der Waals surface area (Å²) in [5.41, 5.74) is 0.0882. The van der Waals surface area contributed by atoms with E-state index >= 15 is 0 Å². The SMILES string of the molecule is CC(C)(C)N1CCC(NS(=O)(=O)CC(=O)O)CC1. The number of sulfonamides is 1. The number of nitrogens with one attached hydrogen (secondary N) is 1. The molecule has 0 amide bonds. The molecule has 2 N–H and O–H groups in total. The van der Waals surface area contributed by atoms with Crippen LogP contribution in [0, 0.1) is 0 Å². The first-order chi connectivity index (χ1) is 8.10. The van der Waals surface area contributed by atoms with Gasteiger partial charge in [-0.25, -0.2) is 13.1 Å². The summed E-state index contributed by atoms with van der Waals surface area (Å²) in [6.45, 7) is 8.03. The molecule has 0 radical (unpaired) electrons. The number of carbonyl (C=O) groups is 1.